The van der Waals surface area contributed by atoms with Crippen molar-refractivity contribution in [3.8, 4) is 5.75 Å². The smallest absolute Gasteiger partial charge is 0.328 e. The summed E-state index contributed by atoms with van der Waals surface area (Å²) in [5.74, 6) is -0.945. The summed E-state index contributed by atoms with van der Waals surface area (Å²) in [5.41, 5.74) is 1.44. The lowest BCUT2D eigenvalue weighted by Crippen LogP contribution is -2.51. The quantitative estimate of drug-likeness (QED) is 0.544. The van der Waals surface area contributed by atoms with Crippen molar-refractivity contribution in [2.24, 2.45) is 0 Å². The fraction of sp³-hybridized carbons (Fsp3) is 0.0455. The molecule has 138 valence electrons. The lowest BCUT2D eigenvalue weighted by atomic mass is 10.00. The summed E-state index contributed by atoms with van der Waals surface area (Å²) in [4.78, 5) is 35.6. The summed E-state index contributed by atoms with van der Waals surface area (Å²) in [6, 6.07) is 20.2. The predicted molar refractivity (Wildman–Crippen MR) is 104 cm³/mol. The van der Waals surface area contributed by atoms with Crippen molar-refractivity contribution >= 4 is 34.7 Å². The highest BCUT2D eigenvalue weighted by Gasteiger charge is 2.28. The number of barbiturate groups is 1. The van der Waals surface area contributed by atoms with Crippen molar-refractivity contribution in [1.29, 1.82) is 0 Å². The Morgan fingerprint density at radius 3 is 2.21 bits per heavy atom. The number of urea groups is 1. The number of rotatable bonds is 4. The summed E-state index contributed by atoms with van der Waals surface area (Å²) < 4.78 is 5.99. The number of amides is 4. The first-order chi connectivity index (χ1) is 13.6. The highest BCUT2D eigenvalue weighted by molar-refractivity contribution is 6.31. The summed E-state index contributed by atoms with van der Waals surface area (Å²) in [7, 11) is 0. The topological polar surface area (TPSA) is 84.5 Å². The molecule has 0 unspecified atom stereocenters. The van der Waals surface area contributed by atoms with E-state index in [0.717, 1.165) is 16.3 Å². The van der Waals surface area contributed by atoms with Crippen LogP contribution in [0.3, 0.4) is 0 Å². The summed E-state index contributed by atoms with van der Waals surface area (Å²) >= 11 is 0. The molecule has 4 amide bonds. The molecule has 1 fully saturated rings. The Morgan fingerprint density at radius 1 is 0.786 bits per heavy atom. The molecule has 0 aromatic heterocycles. The van der Waals surface area contributed by atoms with E-state index in [0.29, 0.717) is 17.9 Å². The number of ether oxygens (including phenoxy) is 1. The minimum absolute atomic E-state index is 0.152. The van der Waals surface area contributed by atoms with Gasteiger partial charge in [-0.25, -0.2) is 4.79 Å². The molecule has 1 heterocycles. The van der Waals surface area contributed by atoms with Crippen molar-refractivity contribution in [2.75, 3.05) is 0 Å². The average Bonchev–Trinajstić information content (AvgIpc) is 2.70. The molecule has 3 aromatic carbocycles. The Morgan fingerprint density at radius 2 is 1.46 bits per heavy atom. The van der Waals surface area contributed by atoms with Gasteiger partial charge in [0.05, 0.1) is 0 Å². The van der Waals surface area contributed by atoms with E-state index in [1.54, 1.807) is 6.07 Å². The molecule has 0 atom stereocenters. The molecular weight excluding hydrogens is 356 g/mol. The van der Waals surface area contributed by atoms with Gasteiger partial charge in [-0.05, 0) is 28.5 Å². The van der Waals surface area contributed by atoms with E-state index in [1.165, 1.54) is 6.08 Å². The molecule has 0 radical (unpaired) electrons. The van der Waals surface area contributed by atoms with Gasteiger partial charge in [-0.3, -0.25) is 20.2 Å². The zero-order valence-electron chi connectivity index (χ0n) is 14.8. The maximum Gasteiger partial charge on any atom is 0.328 e. The van der Waals surface area contributed by atoms with Crippen molar-refractivity contribution < 1.29 is 19.1 Å². The monoisotopic (exact) mass is 372 g/mol. The van der Waals surface area contributed by atoms with E-state index < -0.39 is 17.8 Å². The van der Waals surface area contributed by atoms with Gasteiger partial charge in [0.15, 0.2) is 0 Å². The standard InChI is InChI=1S/C22H16N2O4/c25-20-18(21(26)24-22(27)23-20)12-17-16-9-5-4-8-15(16)10-11-19(17)28-13-14-6-2-1-3-7-14/h1-12H,13H2,(H2,23,24,25,26,27). The number of fused-ring (bicyclic) bond motifs is 1. The second kappa shape index (κ2) is 7.36. The molecule has 4 rings (SSSR count). The SMILES string of the molecule is O=C1NC(=O)C(=Cc2c(OCc3ccccc3)ccc3ccccc23)C(=O)N1. The Labute approximate surface area is 160 Å². The molecule has 3 aromatic rings. The van der Waals surface area contributed by atoms with Crippen LogP contribution in [0.15, 0.2) is 72.3 Å². The summed E-state index contributed by atoms with van der Waals surface area (Å²) in [5, 5.41) is 5.94. The first-order valence-corrected chi connectivity index (χ1v) is 8.68. The Bertz CT molecular complexity index is 1100. The van der Waals surface area contributed by atoms with Crippen LogP contribution in [0, 0.1) is 0 Å². The van der Waals surface area contributed by atoms with E-state index in [2.05, 4.69) is 10.6 Å². The van der Waals surface area contributed by atoms with Crippen molar-refractivity contribution in [1.82, 2.24) is 10.6 Å². The number of hydrogen-bond acceptors (Lipinski definition) is 4. The van der Waals surface area contributed by atoms with Crippen LogP contribution in [0.25, 0.3) is 16.8 Å². The second-order valence-electron chi connectivity index (χ2n) is 6.27. The van der Waals surface area contributed by atoms with Crippen LogP contribution in [0.2, 0.25) is 0 Å². The maximum atomic E-state index is 12.1. The van der Waals surface area contributed by atoms with Crippen molar-refractivity contribution in [3.63, 3.8) is 0 Å². The van der Waals surface area contributed by atoms with E-state index >= 15 is 0 Å². The molecule has 0 aliphatic carbocycles. The highest BCUT2D eigenvalue weighted by atomic mass is 16.5. The van der Waals surface area contributed by atoms with Gasteiger partial charge in [0, 0.05) is 5.56 Å². The molecule has 0 spiro atoms. The highest BCUT2D eigenvalue weighted by Crippen LogP contribution is 2.31. The van der Waals surface area contributed by atoms with E-state index in [4.69, 9.17) is 4.74 Å². The lowest BCUT2D eigenvalue weighted by Gasteiger charge is -2.16. The minimum atomic E-state index is -0.828. The average molecular weight is 372 g/mol. The number of nitrogens with one attached hydrogen (secondary N) is 2. The van der Waals surface area contributed by atoms with Gasteiger partial charge in [0.25, 0.3) is 11.8 Å². The van der Waals surface area contributed by atoms with Crippen molar-refractivity contribution in [2.45, 2.75) is 6.61 Å². The third-order valence-electron chi connectivity index (χ3n) is 4.40. The first kappa shape index (κ1) is 17.5. The number of benzene rings is 3. The Kier molecular flexibility index (Phi) is 4.60. The Hall–Kier alpha value is -3.93. The van der Waals surface area contributed by atoms with Gasteiger partial charge in [-0.15, -0.1) is 0 Å². The lowest BCUT2D eigenvalue weighted by molar-refractivity contribution is -0.123. The molecule has 6 heteroatoms. The van der Waals surface area contributed by atoms with Gasteiger partial charge in [-0.1, -0.05) is 60.7 Å². The normalized spacial score (nSPS) is 13.9. The minimum Gasteiger partial charge on any atom is -0.488 e. The van der Waals surface area contributed by atoms with Crippen LogP contribution >= 0.6 is 0 Å². The molecule has 0 bridgehead atoms. The second-order valence-corrected chi connectivity index (χ2v) is 6.27. The maximum absolute atomic E-state index is 12.1. The molecule has 1 aliphatic heterocycles. The number of carbonyl (C=O) groups is 3. The third-order valence-corrected chi connectivity index (χ3v) is 4.40. The van der Waals surface area contributed by atoms with Gasteiger partial charge in [0.2, 0.25) is 0 Å². The van der Waals surface area contributed by atoms with Gasteiger partial charge >= 0.3 is 6.03 Å². The van der Waals surface area contributed by atoms with Crippen LogP contribution in [-0.2, 0) is 16.2 Å². The molecule has 6 nitrogen and oxygen atoms in total. The van der Waals surface area contributed by atoms with Crippen molar-refractivity contribution in [3.05, 3.63) is 83.4 Å². The van der Waals surface area contributed by atoms with E-state index in [1.807, 2.05) is 60.7 Å². The molecule has 0 saturated carbocycles. The fourth-order valence-electron chi connectivity index (χ4n) is 3.04. The number of carbonyl (C=O) groups excluding carboxylic acids is 3. The molecule has 28 heavy (non-hydrogen) atoms. The molecule has 1 aliphatic rings. The van der Waals surface area contributed by atoms with Gasteiger partial charge < -0.3 is 4.74 Å². The molecule has 2 N–H and O–H groups in total. The van der Waals surface area contributed by atoms with Crippen LogP contribution in [0.4, 0.5) is 4.79 Å². The van der Waals surface area contributed by atoms with E-state index in [-0.39, 0.29) is 5.57 Å². The zero-order chi connectivity index (χ0) is 19.5. The Balaban J connectivity index is 1.78. The van der Waals surface area contributed by atoms with Gasteiger partial charge in [-0.2, -0.15) is 0 Å². The van der Waals surface area contributed by atoms with Crippen LogP contribution in [0.5, 0.6) is 5.75 Å². The first-order valence-electron chi connectivity index (χ1n) is 8.68. The third kappa shape index (κ3) is 3.48. The fourth-order valence-corrected chi connectivity index (χ4v) is 3.04. The summed E-state index contributed by atoms with van der Waals surface area (Å²) in [6.07, 6.45) is 1.46. The van der Waals surface area contributed by atoms with Gasteiger partial charge in [0.1, 0.15) is 17.9 Å². The van der Waals surface area contributed by atoms with E-state index in [9.17, 15) is 14.4 Å². The predicted octanol–water partition coefficient (Wildman–Crippen LogP) is 3.17. The van der Waals surface area contributed by atoms with Crippen LogP contribution < -0.4 is 15.4 Å². The largest absolute Gasteiger partial charge is 0.488 e. The molecular formula is C22H16N2O4. The number of imide groups is 2. The molecule has 1 saturated heterocycles. The summed E-state index contributed by atoms with van der Waals surface area (Å²) in [6.45, 7) is 0.340. The van der Waals surface area contributed by atoms with Crippen LogP contribution in [-0.4, -0.2) is 17.8 Å². The zero-order valence-corrected chi connectivity index (χ0v) is 14.8. The number of hydrogen-bond donors (Lipinski definition) is 2. The van der Waals surface area contributed by atoms with Crippen LogP contribution in [0.1, 0.15) is 11.1 Å².